The summed E-state index contributed by atoms with van der Waals surface area (Å²) in [5.41, 5.74) is 0.415. The molecule has 1 aromatic carbocycles. The Kier molecular flexibility index (Phi) is 7.56. The summed E-state index contributed by atoms with van der Waals surface area (Å²) in [5.74, 6) is -6.29. The number of benzene rings is 1. The molecule has 1 aliphatic heterocycles. The Morgan fingerprint density at radius 1 is 1.17 bits per heavy atom. The molecule has 1 aromatic rings. The fourth-order valence-corrected chi connectivity index (χ4v) is 4.72. The zero-order valence-corrected chi connectivity index (χ0v) is 17.8. The van der Waals surface area contributed by atoms with E-state index in [2.05, 4.69) is 0 Å². The third-order valence-corrected chi connectivity index (χ3v) is 7.01. The molecule has 0 spiro atoms. The molecule has 0 bridgehead atoms. The third-order valence-electron chi connectivity index (χ3n) is 4.96. The van der Waals surface area contributed by atoms with Gasteiger partial charge in [0, 0.05) is 39.3 Å². The molecule has 0 atom stereocenters. The van der Waals surface area contributed by atoms with Crippen LogP contribution in [-0.2, 0) is 14.8 Å². The Balaban J connectivity index is 2.26. The summed E-state index contributed by atoms with van der Waals surface area (Å²) in [6, 6.07) is 4.34. The summed E-state index contributed by atoms with van der Waals surface area (Å²) >= 11 is 0. The molecule has 0 radical (unpaired) electrons. The molecule has 30 heavy (non-hydrogen) atoms. The third kappa shape index (κ3) is 4.64. The van der Waals surface area contributed by atoms with Gasteiger partial charge in [0.05, 0.1) is 17.7 Å². The second-order valence-corrected chi connectivity index (χ2v) is 8.56. The van der Waals surface area contributed by atoms with E-state index in [9.17, 15) is 30.8 Å². The molecule has 12 heteroatoms. The van der Waals surface area contributed by atoms with E-state index in [-0.39, 0.29) is 31.1 Å². The van der Waals surface area contributed by atoms with Crippen LogP contribution < -0.4 is 9.64 Å². The topological polar surface area (TPSA) is 70.2 Å². The standard InChI is InChI=1S/C18H25F4N3O4S/c1-4-25(5-2)30(27,28)13-6-7-15(29-3)14(12-13)23-8-10-24(11-9-23)17(26)18(21,22)16(19)20/h6-7,12,16H,4-5,8-11H2,1-3H3. The molecule has 1 heterocycles. The minimum atomic E-state index is -4.74. The minimum Gasteiger partial charge on any atom is -0.495 e. The minimum absolute atomic E-state index is 0.0461. The first-order valence-corrected chi connectivity index (χ1v) is 10.8. The molecule has 170 valence electrons. The first kappa shape index (κ1) is 24.2. The van der Waals surface area contributed by atoms with Crippen molar-refractivity contribution in [2.24, 2.45) is 0 Å². The number of methoxy groups -OCH3 is 1. The Bertz CT molecular complexity index is 855. The lowest BCUT2D eigenvalue weighted by molar-refractivity contribution is -0.180. The monoisotopic (exact) mass is 455 g/mol. The number of piperazine rings is 1. The lowest BCUT2D eigenvalue weighted by Gasteiger charge is -2.37. The molecule has 1 aliphatic rings. The average Bonchev–Trinajstić information content (AvgIpc) is 2.73. The van der Waals surface area contributed by atoms with Crippen molar-refractivity contribution in [3.05, 3.63) is 18.2 Å². The molecule has 1 fully saturated rings. The summed E-state index contributed by atoms with van der Waals surface area (Å²) < 4.78 is 83.8. The van der Waals surface area contributed by atoms with Crippen molar-refractivity contribution in [3.8, 4) is 5.75 Å². The molecule has 0 aliphatic carbocycles. The molecule has 1 amide bonds. The Morgan fingerprint density at radius 3 is 2.20 bits per heavy atom. The lowest BCUT2D eigenvalue weighted by atomic mass is 10.2. The number of sulfonamides is 1. The highest BCUT2D eigenvalue weighted by Crippen LogP contribution is 2.33. The van der Waals surface area contributed by atoms with E-state index >= 15 is 0 Å². The highest BCUT2D eigenvalue weighted by Gasteiger charge is 2.51. The summed E-state index contributed by atoms with van der Waals surface area (Å²) in [6.07, 6.45) is -4.08. The van der Waals surface area contributed by atoms with Crippen LogP contribution in [0.5, 0.6) is 5.75 Å². The number of carbonyl (C=O) groups excluding carboxylic acids is 1. The van der Waals surface area contributed by atoms with Gasteiger partial charge in [-0.3, -0.25) is 4.79 Å². The molecule has 0 unspecified atom stereocenters. The van der Waals surface area contributed by atoms with Crippen LogP contribution in [0.1, 0.15) is 13.8 Å². The second kappa shape index (κ2) is 9.38. The predicted octanol–water partition coefficient (Wildman–Crippen LogP) is 2.27. The van der Waals surface area contributed by atoms with Gasteiger partial charge in [-0.15, -0.1) is 0 Å². The van der Waals surface area contributed by atoms with Gasteiger partial charge in [-0.05, 0) is 18.2 Å². The van der Waals surface area contributed by atoms with Crippen LogP contribution in [0.15, 0.2) is 23.1 Å². The number of nitrogens with zero attached hydrogens (tertiary/aromatic N) is 3. The van der Waals surface area contributed by atoms with Crippen LogP contribution in [0, 0.1) is 0 Å². The van der Waals surface area contributed by atoms with Gasteiger partial charge < -0.3 is 14.5 Å². The lowest BCUT2D eigenvalue weighted by Crippen LogP contribution is -2.55. The zero-order chi connectivity index (χ0) is 22.7. The van der Waals surface area contributed by atoms with Crippen LogP contribution in [0.3, 0.4) is 0 Å². The maximum absolute atomic E-state index is 13.3. The number of hydrogen-bond acceptors (Lipinski definition) is 5. The first-order valence-electron chi connectivity index (χ1n) is 9.39. The summed E-state index contributed by atoms with van der Waals surface area (Å²) in [6.45, 7) is 3.70. The van der Waals surface area contributed by atoms with Gasteiger partial charge in [0.15, 0.2) is 0 Å². The quantitative estimate of drug-likeness (QED) is 0.563. The van der Waals surface area contributed by atoms with Crippen molar-refractivity contribution < 1.29 is 35.5 Å². The van der Waals surface area contributed by atoms with E-state index in [1.807, 2.05) is 0 Å². The molecular formula is C18H25F4N3O4S. The number of halogens is 4. The molecule has 1 saturated heterocycles. The number of rotatable bonds is 8. The van der Waals surface area contributed by atoms with E-state index in [0.29, 0.717) is 29.4 Å². The van der Waals surface area contributed by atoms with Gasteiger partial charge in [-0.2, -0.15) is 13.1 Å². The van der Waals surface area contributed by atoms with Gasteiger partial charge in [0.25, 0.3) is 5.91 Å². The summed E-state index contributed by atoms with van der Waals surface area (Å²) in [7, 11) is -2.33. The van der Waals surface area contributed by atoms with Gasteiger partial charge in [-0.25, -0.2) is 17.2 Å². The fraction of sp³-hybridized carbons (Fsp3) is 0.611. The highest BCUT2D eigenvalue weighted by molar-refractivity contribution is 7.89. The van der Waals surface area contributed by atoms with Crippen LogP contribution in [-0.4, -0.2) is 82.3 Å². The van der Waals surface area contributed by atoms with Crippen LogP contribution >= 0.6 is 0 Å². The van der Waals surface area contributed by atoms with E-state index in [0.717, 1.165) is 0 Å². The smallest absolute Gasteiger partial charge is 0.383 e. The van der Waals surface area contributed by atoms with Gasteiger partial charge >= 0.3 is 12.3 Å². The van der Waals surface area contributed by atoms with Crippen molar-refractivity contribution in [1.29, 1.82) is 0 Å². The van der Waals surface area contributed by atoms with E-state index < -0.39 is 28.3 Å². The normalized spacial score (nSPS) is 15.8. The Labute approximate surface area is 173 Å². The number of alkyl halides is 4. The summed E-state index contributed by atoms with van der Waals surface area (Å²) in [5, 5.41) is 0. The van der Waals surface area contributed by atoms with E-state index in [1.54, 1.807) is 18.7 Å². The first-order chi connectivity index (χ1) is 14.0. The number of amides is 1. The van der Waals surface area contributed by atoms with E-state index in [1.165, 1.54) is 29.6 Å². The largest absolute Gasteiger partial charge is 0.495 e. The van der Waals surface area contributed by atoms with Crippen LogP contribution in [0.25, 0.3) is 0 Å². The fourth-order valence-electron chi connectivity index (χ4n) is 3.24. The molecule has 0 saturated carbocycles. The average molecular weight is 455 g/mol. The zero-order valence-electron chi connectivity index (χ0n) is 16.9. The van der Waals surface area contributed by atoms with Crippen molar-refractivity contribution in [2.75, 3.05) is 51.3 Å². The number of anilines is 1. The molecular weight excluding hydrogens is 430 g/mol. The maximum Gasteiger partial charge on any atom is 0.383 e. The Hall–Kier alpha value is -2.08. The molecule has 2 rings (SSSR count). The number of carbonyl (C=O) groups is 1. The van der Waals surface area contributed by atoms with Crippen molar-refractivity contribution in [2.45, 2.75) is 31.1 Å². The van der Waals surface area contributed by atoms with Gasteiger partial charge in [0.2, 0.25) is 10.0 Å². The maximum atomic E-state index is 13.3. The number of hydrogen-bond donors (Lipinski definition) is 0. The van der Waals surface area contributed by atoms with Crippen molar-refractivity contribution >= 4 is 21.6 Å². The van der Waals surface area contributed by atoms with Gasteiger partial charge in [0.1, 0.15) is 5.75 Å². The summed E-state index contributed by atoms with van der Waals surface area (Å²) in [4.78, 5) is 14.1. The van der Waals surface area contributed by atoms with Crippen molar-refractivity contribution in [1.82, 2.24) is 9.21 Å². The van der Waals surface area contributed by atoms with Crippen LogP contribution in [0.2, 0.25) is 0 Å². The van der Waals surface area contributed by atoms with Gasteiger partial charge in [-0.1, -0.05) is 13.8 Å². The van der Waals surface area contributed by atoms with Crippen LogP contribution in [0.4, 0.5) is 23.2 Å². The van der Waals surface area contributed by atoms with E-state index in [4.69, 9.17) is 4.74 Å². The molecule has 0 N–H and O–H groups in total. The second-order valence-electron chi connectivity index (χ2n) is 6.63. The Morgan fingerprint density at radius 2 is 1.73 bits per heavy atom. The predicted molar refractivity (Wildman–Crippen MR) is 103 cm³/mol. The van der Waals surface area contributed by atoms with Crippen molar-refractivity contribution in [3.63, 3.8) is 0 Å². The SMILES string of the molecule is CCN(CC)S(=O)(=O)c1ccc(OC)c(N2CCN(C(=O)C(F)(F)C(F)F)CC2)c1. The number of ether oxygens (including phenoxy) is 1. The highest BCUT2D eigenvalue weighted by atomic mass is 32.2. The molecule has 7 nitrogen and oxygen atoms in total. The molecule has 0 aromatic heterocycles.